The number of furan rings is 1. The minimum atomic E-state index is 0.163. The lowest BCUT2D eigenvalue weighted by Crippen LogP contribution is -1.97. The molecule has 0 saturated carbocycles. The van der Waals surface area contributed by atoms with Gasteiger partial charge in [0, 0.05) is 12.8 Å². The van der Waals surface area contributed by atoms with Gasteiger partial charge in [0.25, 0.3) is 0 Å². The molecule has 0 saturated heterocycles. The Kier molecular flexibility index (Phi) is 2.47. The fourth-order valence-corrected chi connectivity index (χ4v) is 1.05. The first-order valence-electron chi connectivity index (χ1n) is 3.89. The minimum absolute atomic E-state index is 0.163. The summed E-state index contributed by atoms with van der Waals surface area (Å²) >= 11 is 0. The molecule has 0 radical (unpaired) electrons. The van der Waals surface area contributed by atoms with E-state index in [4.69, 9.17) is 4.42 Å². The molecule has 1 rings (SSSR count). The average Bonchev–Trinajstić information content (AvgIpc) is 2.50. The average molecular weight is 152 g/mol. The first-order chi connectivity index (χ1) is 5.29. The molecule has 0 fully saturated rings. The van der Waals surface area contributed by atoms with Crippen LogP contribution in [0.25, 0.3) is 0 Å². The summed E-state index contributed by atoms with van der Waals surface area (Å²) in [7, 11) is 0. The molecule has 11 heavy (non-hydrogen) atoms. The number of carbonyl (C=O) groups excluding carboxylic acids is 1. The van der Waals surface area contributed by atoms with E-state index in [1.54, 1.807) is 12.3 Å². The molecule has 0 aliphatic rings. The maximum Gasteiger partial charge on any atom is 0.166 e. The zero-order valence-electron chi connectivity index (χ0n) is 6.89. The Hall–Kier alpha value is -1.05. The Balaban J connectivity index is 2.92. The van der Waals surface area contributed by atoms with Gasteiger partial charge in [-0.05, 0) is 6.07 Å². The standard InChI is InChI=1S/C9H12O2/c1-3-8(10)7-5-6-11-9(7)4-2/h5-6H,3-4H2,1-2H3. The molecule has 1 heterocycles. The SMILES string of the molecule is CCC(=O)c1ccoc1CC. The Bertz CT molecular complexity index is 248. The molecule has 2 heteroatoms. The molecule has 0 unspecified atom stereocenters. The number of hydrogen-bond donors (Lipinski definition) is 0. The highest BCUT2D eigenvalue weighted by molar-refractivity contribution is 5.96. The van der Waals surface area contributed by atoms with Crippen LogP contribution in [0, 0.1) is 0 Å². The molecule has 2 nitrogen and oxygen atoms in total. The molecule has 0 aliphatic heterocycles. The van der Waals surface area contributed by atoms with E-state index in [0.717, 1.165) is 17.7 Å². The summed E-state index contributed by atoms with van der Waals surface area (Å²) < 4.78 is 5.12. The van der Waals surface area contributed by atoms with Gasteiger partial charge in [0.2, 0.25) is 0 Å². The van der Waals surface area contributed by atoms with Crippen LogP contribution in [0.15, 0.2) is 16.7 Å². The highest BCUT2D eigenvalue weighted by Crippen LogP contribution is 2.12. The van der Waals surface area contributed by atoms with Gasteiger partial charge in [0.1, 0.15) is 5.76 Å². The van der Waals surface area contributed by atoms with Crippen LogP contribution in [-0.2, 0) is 6.42 Å². The molecule has 0 atom stereocenters. The van der Waals surface area contributed by atoms with Gasteiger partial charge < -0.3 is 4.42 Å². The van der Waals surface area contributed by atoms with Crippen molar-refractivity contribution in [3.63, 3.8) is 0 Å². The highest BCUT2D eigenvalue weighted by Gasteiger charge is 2.09. The van der Waals surface area contributed by atoms with E-state index in [-0.39, 0.29) is 5.78 Å². The van der Waals surface area contributed by atoms with Crippen molar-refractivity contribution in [2.45, 2.75) is 26.7 Å². The van der Waals surface area contributed by atoms with Crippen LogP contribution in [0.5, 0.6) is 0 Å². The fraction of sp³-hybridized carbons (Fsp3) is 0.444. The molecule has 1 aromatic rings. The van der Waals surface area contributed by atoms with Crippen molar-refractivity contribution < 1.29 is 9.21 Å². The minimum Gasteiger partial charge on any atom is -0.469 e. The molecule has 1 aromatic heterocycles. The molecular formula is C9H12O2. The highest BCUT2D eigenvalue weighted by atomic mass is 16.3. The molecule has 60 valence electrons. The number of rotatable bonds is 3. The fourth-order valence-electron chi connectivity index (χ4n) is 1.05. The lowest BCUT2D eigenvalue weighted by molar-refractivity contribution is 0.0986. The van der Waals surface area contributed by atoms with Gasteiger partial charge in [-0.2, -0.15) is 0 Å². The third kappa shape index (κ3) is 1.50. The van der Waals surface area contributed by atoms with Gasteiger partial charge >= 0.3 is 0 Å². The zero-order chi connectivity index (χ0) is 8.27. The van der Waals surface area contributed by atoms with Crippen LogP contribution in [-0.4, -0.2) is 5.78 Å². The molecule has 0 spiro atoms. The molecule has 0 aliphatic carbocycles. The Labute approximate surface area is 66.2 Å². The molecule has 0 aromatic carbocycles. The zero-order valence-corrected chi connectivity index (χ0v) is 6.89. The van der Waals surface area contributed by atoms with Gasteiger partial charge in [-0.25, -0.2) is 0 Å². The second kappa shape index (κ2) is 3.37. The summed E-state index contributed by atoms with van der Waals surface area (Å²) in [6, 6.07) is 1.74. The summed E-state index contributed by atoms with van der Waals surface area (Å²) in [5.74, 6) is 0.965. The van der Waals surface area contributed by atoms with E-state index >= 15 is 0 Å². The van der Waals surface area contributed by atoms with Crippen molar-refractivity contribution in [3.8, 4) is 0 Å². The number of Topliss-reactive ketones (excluding diaryl/α,β-unsaturated/α-hetero) is 1. The smallest absolute Gasteiger partial charge is 0.166 e. The van der Waals surface area contributed by atoms with E-state index in [9.17, 15) is 4.79 Å². The van der Waals surface area contributed by atoms with Crippen LogP contribution in [0.2, 0.25) is 0 Å². The molecular weight excluding hydrogens is 140 g/mol. The Morgan fingerprint density at radius 1 is 1.55 bits per heavy atom. The van der Waals surface area contributed by atoms with E-state index in [2.05, 4.69) is 0 Å². The van der Waals surface area contributed by atoms with E-state index in [1.807, 2.05) is 13.8 Å². The quantitative estimate of drug-likeness (QED) is 0.622. The lowest BCUT2D eigenvalue weighted by Gasteiger charge is -1.94. The van der Waals surface area contributed by atoms with Gasteiger partial charge in [-0.3, -0.25) is 4.79 Å². The van der Waals surface area contributed by atoms with Crippen LogP contribution in [0.4, 0.5) is 0 Å². The van der Waals surface area contributed by atoms with Crippen molar-refractivity contribution in [1.29, 1.82) is 0 Å². The van der Waals surface area contributed by atoms with Crippen LogP contribution in [0.1, 0.15) is 36.4 Å². The molecule has 0 amide bonds. The number of aryl methyl sites for hydroxylation is 1. The van der Waals surface area contributed by atoms with E-state index < -0.39 is 0 Å². The van der Waals surface area contributed by atoms with Gasteiger partial charge in [-0.15, -0.1) is 0 Å². The normalized spacial score (nSPS) is 10.0. The predicted molar refractivity (Wildman–Crippen MR) is 42.7 cm³/mol. The van der Waals surface area contributed by atoms with Crippen LogP contribution in [0.3, 0.4) is 0 Å². The first kappa shape index (κ1) is 8.05. The summed E-state index contributed by atoms with van der Waals surface area (Å²) in [5, 5.41) is 0. The van der Waals surface area contributed by atoms with E-state index in [0.29, 0.717) is 6.42 Å². The third-order valence-corrected chi connectivity index (χ3v) is 1.69. The maximum absolute atomic E-state index is 11.2. The summed E-state index contributed by atoms with van der Waals surface area (Å²) in [4.78, 5) is 11.2. The van der Waals surface area contributed by atoms with Crippen molar-refractivity contribution in [2.24, 2.45) is 0 Å². The topological polar surface area (TPSA) is 30.2 Å². The van der Waals surface area contributed by atoms with Crippen molar-refractivity contribution in [1.82, 2.24) is 0 Å². The number of ketones is 1. The molecule has 0 N–H and O–H groups in total. The van der Waals surface area contributed by atoms with Crippen molar-refractivity contribution in [3.05, 3.63) is 23.7 Å². The van der Waals surface area contributed by atoms with Crippen LogP contribution < -0.4 is 0 Å². The maximum atomic E-state index is 11.2. The Morgan fingerprint density at radius 2 is 2.27 bits per heavy atom. The number of carbonyl (C=O) groups is 1. The summed E-state index contributed by atoms with van der Waals surface area (Å²) in [6.07, 6.45) is 2.91. The lowest BCUT2D eigenvalue weighted by atomic mass is 10.1. The summed E-state index contributed by atoms with van der Waals surface area (Å²) in [6.45, 7) is 3.83. The second-order valence-electron chi connectivity index (χ2n) is 2.39. The third-order valence-electron chi connectivity index (χ3n) is 1.69. The van der Waals surface area contributed by atoms with Crippen LogP contribution >= 0.6 is 0 Å². The van der Waals surface area contributed by atoms with Crippen molar-refractivity contribution >= 4 is 5.78 Å². The number of hydrogen-bond acceptors (Lipinski definition) is 2. The van der Waals surface area contributed by atoms with Gasteiger partial charge in [0.05, 0.1) is 11.8 Å². The predicted octanol–water partition coefficient (Wildman–Crippen LogP) is 2.43. The largest absolute Gasteiger partial charge is 0.469 e. The second-order valence-corrected chi connectivity index (χ2v) is 2.39. The Morgan fingerprint density at radius 3 is 2.82 bits per heavy atom. The summed E-state index contributed by atoms with van der Waals surface area (Å²) in [5.41, 5.74) is 0.745. The van der Waals surface area contributed by atoms with Crippen molar-refractivity contribution in [2.75, 3.05) is 0 Å². The van der Waals surface area contributed by atoms with E-state index in [1.165, 1.54) is 0 Å². The first-order valence-corrected chi connectivity index (χ1v) is 3.89. The van der Waals surface area contributed by atoms with Gasteiger partial charge in [-0.1, -0.05) is 13.8 Å². The van der Waals surface area contributed by atoms with Gasteiger partial charge in [0.15, 0.2) is 5.78 Å². The molecule has 0 bridgehead atoms. The monoisotopic (exact) mass is 152 g/mol.